The lowest BCUT2D eigenvalue weighted by atomic mass is 9.79. The van der Waals surface area contributed by atoms with Crippen molar-refractivity contribution in [2.24, 2.45) is 11.3 Å². The molecule has 0 aromatic heterocycles. The second kappa shape index (κ2) is 6.37. The van der Waals surface area contributed by atoms with Crippen LogP contribution in [0.25, 0.3) is 0 Å². The van der Waals surface area contributed by atoms with Crippen LogP contribution in [0.5, 0.6) is 0 Å². The SMILES string of the molecule is CC(C)(C)C(C(=O)O)C(=O)N1CCCC1CCCO. The number of carbonyl (C=O) groups is 2. The minimum absolute atomic E-state index is 0.0869. The zero-order valence-corrected chi connectivity index (χ0v) is 12.1. The first-order valence-corrected chi connectivity index (χ1v) is 6.93. The molecule has 1 aliphatic heterocycles. The molecule has 1 aliphatic rings. The molecule has 1 saturated heterocycles. The van der Waals surface area contributed by atoms with Crippen molar-refractivity contribution >= 4 is 11.9 Å². The molecular formula is C14H25NO4. The van der Waals surface area contributed by atoms with E-state index in [-0.39, 0.29) is 18.6 Å². The van der Waals surface area contributed by atoms with Crippen LogP contribution in [0, 0.1) is 11.3 Å². The fourth-order valence-corrected chi connectivity index (χ4v) is 2.77. The fraction of sp³-hybridized carbons (Fsp3) is 0.857. The summed E-state index contributed by atoms with van der Waals surface area (Å²) in [6.45, 7) is 6.09. The van der Waals surface area contributed by atoms with Gasteiger partial charge < -0.3 is 15.1 Å². The van der Waals surface area contributed by atoms with Crippen LogP contribution in [-0.4, -0.2) is 46.2 Å². The summed E-state index contributed by atoms with van der Waals surface area (Å²) >= 11 is 0. The maximum absolute atomic E-state index is 12.5. The minimum atomic E-state index is -1.05. The topological polar surface area (TPSA) is 77.8 Å². The number of nitrogens with zero attached hydrogens (tertiary/aromatic N) is 1. The number of rotatable bonds is 5. The maximum Gasteiger partial charge on any atom is 0.316 e. The molecule has 1 rings (SSSR count). The van der Waals surface area contributed by atoms with Crippen LogP contribution in [0.15, 0.2) is 0 Å². The molecule has 0 aromatic rings. The third kappa shape index (κ3) is 3.93. The summed E-state index contributed by atoms with van der Waals surface area (Å²) in [4.78, 5) is 25.6. The molecule has 19 heavy (non-hydrogen) atoms. The summed E-state index contributed by atoms with van der Waals surface area (Å²) < 4.78 is 0. The van der Waals surface area contributed by atoms with Crippen molar-refractivity contribution in [1.82, 2.24) is 4.90 Å². The lowest BCUT2D eigenvalue weighted by molar-refractivity contribution is -0.156. The Morgan fingerprint density at radius 1 is 1.37 bits per heavy atom. The molecule has 0 aliphatic carbocycles. The molecule has 0 saturated carbocycles. The third-order valence-corrected chi connectivity index (χ3v) is 3.72. The van der Waals surface area contributed by atoms with Crippen molar-refractivity contribution in [1.29, 1.82) is 0 Å². The molecule has 2 N–H and O–H groups in total. The van der Waals surface area contributed by atoms with Crippen molar-refractivity contribution in [3.05, 3.63) is 0 Å². The zero-order chi connectivity index (χ0) is 14.6. The first kappa shape index (κ1) is 16.0. The largest absolute Gasteiger partial charge is 0.481 e. The molecule has 1 amide bonds. The van der Waals surface area contributed by atoms with Crippen LogP contribution < -0.4 is 0 Å². The van der Waals surface area contributed by atoms with E-state index in [1.165, 1.54) is 0 Å². The van der Waals surface area contributed by atoms with Gasteiger partial charge in [-0.25, -0.2) is 0 Å². The average molecular weight is 271 g/mol. The van der Waals surface area contributed by atoms with Crippen molar-refractivity contribution in [3.63, 3.8) is 0 Å². The molecule has 2 unspecified atom stereocenters. The summed E-state index contributed by atoms with van der Waals surface area (Å²) in [5.41, 5.74) is -0.590. The van der Waals surface area contributed by atoms with E-state index in [2.05, 4.69) is 0 Å². The average Bonchev–Trinajstić information content (AvgIpc) is 2.71. The smallest absolute Gasteiger partial charge is 0.316 e. The highest BCUT2D eigenvalue weighted by Gasteiger charge is 2.42. The Bertz CT molecular complexity index is 335. The number of aliphatic hydroxyl groups is 1. The molecule has 5 nitrogen and oxygen atoms in total. The Morgan fingerprint density at radius 3 is 2.47 bits per heavy atom. The normalized spacial score (nSPS) is 21.5. The Labute approximate surface area is 114 Å². The fourth-order valence-electron chi connectivity index (χ4n) is 2.77. The number of aliphatic hydroxyl groups excluding tert-OH is 1. The number of carboxylic acids is 1. The lowest BCUT2D eigenvalue weighted by Gasteiger charge is -2.33. The molecule has 5 heteroatoms. The van der Waals surface area contributed by atoms with Gasteiger partial charge in [0.15, 0.2) is 0 Å². The Hall–Kier alpha value is -1.10. The minimum Gasteiger partial charge on any atom is -0.481 e. The second-order valence-corrected chi connectivity index (χ2v) is 6.33. The monoisotopic (exact) mass is 271 g/mol. The van der Waals surface area contributed by atoms with Crippen LogP contribution in [0.2, 0.25) is 0 Å². The van der Waals surface area contributed by atoms with Crippen molar-refractivity contribution < 1.29 is 19.8 Å². The van der Waals surface area contributed by atoms with Crippen molar-refractivity contribution in [2.45, 2.75) is 52.5 Å². The number of amides is 1. The van der Waals surface area contributed by atoms with Gasteiger partial charge in [0.25, 0.3) is 0 Å². The van der Waals surface area contributed by atoms with Gasteiger partial charge >= 0.3 is 5.97 Å². The summed E-state index contributed by atoms with van der Waals surface area (Å²) in [6.07, 6.45) is 3.22. The van der Waals surface area contributed by atoms with Gasteiger partial charge in [0, 0.05) is 19.2 Å². The van der Waals surface area contributed by atoms with Gasteiger partial charge in [0.2, 0.25) is 5.91 Å². The summed E-state index contributed by atoms with van der Waals surface area (Å²) in [7, 11) is 0. The standard InChI is InChI=1S/C14H25NO4/c1-14(2,3)11(13(18)19)12(17)15-8-4-6-10(15)7-5-9-16/h10-11,16H,4-9H2,1-3H3,(H,18,19). The molecule has 2 atom stereocenters. The molecule has 0 spiro atoms. The van der Waals surface area contributed by atoms with E-state index in [1.54, 1.807) is 25.7 Å². The molecule has 1 heterocycles. The summed E-state index contributed by atoms with van der Waals surface area (Å²) in [6, 6.07) is 0.0869. The zero-order valence-electron chi connectivity index (χ0n) is 12.1. The van der Waals surface area contributed by atoms with E-state index in [9.17, 15) is 14.7 Å². The number of hydrogen-bond acceptors (Lipinski definition) is 3. The summed E-state index contributed by atoms with van der Waals surface area (Å²) in [5.74, 6) is -2.33. The first-order valence-electron chi connectivity index (χ1n) is 6.93. The highest BCUT2D eigenvalue weighted by atomic mass is 16.4. The maximum atomic E-state index is 12.5. The molecular weight excluding hydrogens is 246 g/mol. The molecule has 0 radical (unpaired) electrons. The Kier molecular flexibility index (Phi) is 5.35. The van der Waals surface area contributed by atoms with Gasteiger partial charge in [0.05, 0.1) is 0 Å². The molecule has 0 aromatic carbocycles. The van der Waals surface area contributed by atoms with Gasteiger partial charge in [-0.05, 0) is 31.1 Å². The van der Waals surface area contributed by atoms with E-state index < -0.39 is 17.3 Å². The number of carboxylic acid groups (broad SMARTS) is 1. The van der Waals surface area contributed by atoms with E-state index in [0.29, 0.717) is 13.0 Å². The van der Waals surface area contributed by atoms with E-state index >= 15 is 0 Å². The van der Waals surface area contributed by atoms with E-state index in [0.717, 1.165) is 19.3 Å². The Balaban J connectivity index is 2.81. The van der Waals surface area contributed by atoms with Crippen LogP contribution in [0.4, 0.5) is 0 Å². The van der Waals surface area contributed by atoms with Crippen LogP contribution in [0.1, 0.15) is 46.5 Å². The highest BCUT2D eigenvalue weighted by molar-refractivity contribution is 5.98. The number of aliphatic carboxylic acids is 1. The van der Waals surface area contributed by atoms with Gasteiger partial charge in [-0.15, -0.1) is 0 Å². The molecule has 0 bridgehead atoms. The summed E-state index contributed by atoms with van der Waals surface area (Å²) in [5, 5.41) is 18.2. The van der Waals surface area contributed by atoms with Crippen LogP contribution >= 0.6 is 0 Å². The lowest BCUT2D eigenvalue weighted by Crippen LogP contribution is -2.47. The number of carbonyl (C=O) groups excluding carboxylic acids is 1. The predicted molar refractivity (Wildman–Crippen MR) is 71.6 cm³/mol. The quantitative estimate of drug-likeness (QED) is 0.743. The molecule has 1 fully saturated rings. The Morgan fingerprint density at radius 2 is 2.00 bits per heavy atom. The van der Waals surface area contributed by atoms with Crippen molar-refractivity contribution in [3.8, 4) is 0 Å². The van der Waals surface area contributed by atoms with Crippen molar-refractivity contribution in [2.75, 3.05) is 13.2 Å². The second-order valence-electron chi connectivity index (χ2n) is 6.33. The van der Waals surface area contributed by atoms with E-state index in [1.807, 2.05) is 0 Å². The third-order valence-electron chi connectivity index (χ3n) is 3.72. The number of likely N-dealkylation sites (tertiary alicyclic amines) is 1. The van der Waals surface area contributed by atoms with Crippen LogP contribution in [0.3, 0.4) is 0 Å². The van der Waals surface area contributed by atoms with Crippen LogP contribution in [-0.2, 0) is 9.59 Å². The van der Waals surface area contributed by atoms with Gasteiger partial charge in [-0.1, -0.05) is 20.8 Å². The number of hydrogen-bond donors (Lipinski definition) is 2. The predicted octanol–water partition coefficient (Wildman–Crippen LogP) is 1.50. The van der Waals surface area contributed by atoms with E-state index in [4.69, 9.17) is 5.11 Å². The first-order chi connectivity index (χ1) is 8.79. The van der Waals surface area contributed by atoms with Gasteiger partial charge in [-0.2, -0.15) is 0 Å². The molecule has 110 valence electrons. The van der Waals surface area contributed by atoms with Gasteiger partial charge in [-0.3, -0.25) is 9.59 Å². The highest BCUT2D eigenvalue weighted by Crippen LogP contribution is 2.31. The van der Waals surface area contributed by atoms with Gasteiger partial charge in [0.1, 0.15) is 5.92 Å².